The first-order chi connectivity index (χ1) is 16.5. The summed E-state index contributed by atoms with van der Waals surface area (Å²) in [5, 5.41) is 0. The Hall–Kier alpha value is -0.0761. The van der Waals surface area contributed by atoms with E-state index in [1.54, 1.807) is 20.6 Å². The third-order valence-corrected chi connectivity index (χ3v) is 10.1. The third kappa shape index (κ3) is 7.96. The third-order valence-electron chi connectivity index (χ3n) is 10.1. The predicted octanol–water partition coefficient (Wildman–Crippen LogP) is 8.88. The van der Waals surface area contributed by atoms with E-state index in [2.05, 4.69) is 26.8 Å². The van der Waals surface area contributed by atoms with Gasteiger partial charge in [-0.15, -0.1) is 16.7 Å². The van der Waals surface area contributed by atoms with Gasteiger partial charge in [0, 0.05) is 44.2 Å². The fourth-order valence-electron chi connectivity index (χ4n) is 7.73. The molecule has 0 heterocycles. The normalized spacial score (nSPS) is 31.5. The van der Waals surface area contributed by atoms with Crippen LogP contribution in [0.5, 0.6) is 11.5 Å². The standard InChI is InChI=1S/C32H51O2.Y/c1-22-6-8-25(9-7-22)18-26-10-12-27(13-11-26)19-28-14-16-29(17-15-28)20-30-23(2)31(33-4)21-32(34-5)24(30)3;/h22,25-29H,6-20H2,1-5H3;/q-1;. The van der Waals surface area contributed by atoms with Gasteiger partial charge in [0.1, 0.15) is 0 Å². The van der Waals surface area contributed by atoms with Gasteiger partial charge < -0.3 is 9.47 Å². The van der Waals surface area contributed by atoms with Crippen LogP contribution in [0.3, 0.4) is 0 Å². The molecule has 0 N–H and O–H groups in total. The van der Waals surface area contributed by atoms with E-state index in [-0.39, 0.29) is 32.7 Å². The van der Waals surface area contributed by atoms with E-state index in [4.69, 9.17) is 9.47 Å². The van der Waals surface area contributed by atoms with Crippen LogP contribution >= 0.6 is 0 Å². The van der Waals surface area contributed by atoms with Crippen LogP contribution in [0.1, 0.15) is 114 Å². The van der Waals surface area contributed by atoms with Crippen molar-refractivity contribution in [3.63, 3.8) is 0 Å². The van der Waals surface area contributed by atoms with Crippen molar-refractivity contribution >= 4 is 0 Å². The summed E-state index contributed by atoms with van der Waals surface area (Å²) >= 11 is 0. The smallest absolute Gasteiger partial charge is 0.0743 e. The fourth-order valence-corrected chi connectivity index (χ4v) is 7.73. The van der Waals surface area contributed by atoms with E-state index in [1.165, 1.54) is 100 Å². The summed E-state index contributed by atoms with van der Waals surface area (Å²) in [4.78, 5) is 0. The molecule has 0 spiro atoms. The van der Waals surface area contributed by atoms with Gasteiger partial charge in [0.05, 0.1) is 14.2 Å². The van der Waals surface area contributed by atoms with Gasteiger partial charge in [-0.25, -0.2) is 0 Å². The molecule has 3 aliphatic carbocycles. The van der Waals surface area contributed by atoms with Crippen molar-refractivity contribution in [2.75, 3.05) is 14.2 Å². The molecule has 2 nitrogen and oxygen atoms in total. The molecule has 3 heteroatoms. The zero-order valence-corrected chi connectivity index (χ0v) is 26.3. The molecule has 1 aromatic rings. The number of methoxy groups -OCH3 is 2. The van der Waals surface area contributed by atoms with E-state index < -0.39 is 0 Å². The molecular formula is C32H51O2Y-. The first-order valence-electron chi connectivity index (χ1n) is 14.6. The maximum atomic E-state index is 5.59. The quantitative estimate of drug-likeness (QED) is 0.298. The van der Waals surface area contributed by atoms with Crippen LogP contribution in [-0.2, 0) is 39.1 Å². The van der Waals surface area contributed by atoms with Crippen LogP contribution in [0, 0.1) is 55.4 Å². The molecule has 0 aliphatic heterocycles. The van der Waals surface area contributed by atoms with Gasteiger partial charge in [0.25, 0.3) is 0 Å². The Labute approximate surface area is 242 Å². The summed E-state index contributed by atoms with van der Waals surface area (Å²) in [6, 6.07) is 3.29. The molecule has 0 amide bonds. The summed E-state index contributed by atoms with van der Waals surface area (Å²) in [7, 11) is 3.49. The number of rotatable bonds is 8. The monoisotopic (exact) mass is 556 g/mol. The average molecular weight is 557 g/mol. The van der Waals surface area contributed by atoms with Crippen LogP contribution in [0.25, 0.3) is 0 Å². The summed E-state index contributed by atoms with van der Waals surface area (Å²) in [5.74, 6) is 7.60. The topological polar surface area (TPSA) is 18.5 Å². The minimum atomic E-state index is 0. The molecule has 3 aliphatic rings. The molecule has 0 aromatic heterocycles. The minimum absolute atomic E-state index is 0. The molecule has 0 bridgehead atoms. The van der Waals surface area contributed by atoms with E-state index in [0.717, 1.165) is 53.4 Å². The largest absolute Gasteiger partial charge is 0.522 e. The van der Waals surface area contributed by atoms with Crippen LogP contribution in [0.15, 0.2) is 0 Å². The van der Waals surface area contributed by atoms with E-state index in [1.807, 2.05) is 0 Å². The van der Waals surface area contributed by atoms with E-state index in [9.17, 15) is 0 Å². The van der Waals surface area contributed by atoms with Crippen molar-refractivity contribution in [3.8, 4) is 11.5 Å². The van der Waals surface area contributed by atoms with Crippen molar-refractivity contribution in [2.45, 2.75) is 117 Å². The summed E-state index contributed by atoms with van der Waals surface area (Å²) in [5.41, 5.74) is 3.94. The second kappa shape index (κ2) is 14.2. The molecule has 3 saturated carbocycles. The molecule has 4 rings (SSSR count). The SMILES string of the molecule is COc1[c-]c(OC)c(C)c(CC2CCC(CC3CCC(CC4CCC(C)CC4)CC3)CC2)c1C.[Y]. The molecule has 0 unspecified atom stereocenters. The number of benzene rings is 1. The second-order valence-electron chi connectivity index (χ2n) is 12.5. The van der Waals surface area contributed by atoms with Crippen molar-refractivity contribution < 1.29 is 42.2 Å². The molecule has 3 fully saturated rings. The van der Waals surface area contributed by atoms with Crippen LogP contribution in [-0.4, -0.2) is 14.2 Å². The van der Waals surface area contributed by atoms with Crippen LogP contribution < -0.4 is 9.47 Å². The maximum absolute atomic E-state index is 5.59. The van der Waals surface area contributed by atoms with Gasteiger partial charge in [0.2, 0.25) is 0 Å². The second-order valence-corrected chi connectivity index (χ2v) is 12.5. The first kappa shape index (κ1) is 29.5. The summed E-state index contributed by atoms with van der Waals surface area (Å²) in [6.07, 6.45) is 22.0. The zero-order valence-electron chi connectivity index (χ0n) is 23.5. The minimum Gasteiger partial charge on any atom is -0.522 e. The van der Waals surface area contributed by atoms with Crippen molar-refractivity contribution in [1.82, 2.24) is 0 Å². The predicted molar refractivity (Wildman–Crippen MR) is 143 cm³/mol. The summed E-state index contributed by atoms with van der Waals surface area (Å²) in [6.45, 7) is 6.83. The van der Waals surface area contributed by atoms with E-state index >= 15 is 0 Å². The Morgan fingerprint density at radius 3 is 1.31 bits per heavy atom. The molecule has 0 saturated heterocycles. The van der Waals surface area contributed by atoms with Gasteiger partial charge in [-0.1, -0.05) is 91.0 Å². The van der Waals surface area contributed by atoms with Crippen LogP contribution in [0.4, 0.5) is 0 Å². The molecule has 1 radical (unpaired) electrons. The van der Waals surface area contributed by atoms with Gasteiger partial charge in [-0.3, -0.25) is 0 Å². The Kier molecular flexibility index (Phi) is 11.9. The molecule has 195 valence electrons. The van der Waals surface area contributed by atoms with Gasteiger partial charge >= 0.3 is 0 Å². The molecule has 0 atom stereocenters. The van der Waals surface area contributed by atoms with Gasteiger partial charge in [-0.2, -0.15) is 0 Å². The Morgan fingerprint density at radius 2 is 0.943 bits per heavy atom. The Bertz CT molecular complexity index is 738. The van der Waals surface area contributed by atoms with Crippen LogP contribution in [0.2, 0.25) is 0 Å². The maximum Gasteiger partial charge on any atom is 0.0743 e. The fraction of sp³-hybridized carbons (Fsp3) is 0.812. The zero-order chi connectivity index (χ0) is 24.1. The van der Waals surface area contributed by atoms with Gasteiger partial charge in [-0.05, 0) is 67.6 Å². The Morgan fingerprint density at radius 1 is 0.600 bits per heavy atom. The number of hydrogen-bond donors (Lipinski definition) is 0. The number of ether oxygens (including phenoxy) is 2. The summed E-state index contributed by atoms with van der Waals surface area (Å²) < 4.78 is 11.2. The van der Waals surface area contributed by atoms with Crippen molar-refractivity contribution in [1.29, 1.82) is 0 Å². The van der Waals surface area contributed by atoms with Crippen molar-refractivity contribution in [3.05, 3.63) is 22.8 Å². The average Bonchev–Trinajstić information content (AvgIpc) is 2.85. The Balaban J connectivity index is 0.00000342. The van der Waals surface area contributed by atoms with Gasteiger partial charge in [0.15, 0.2) is 0 Å². The molecule has 1 aromatic carbocycles. The molecule has 35 heavy (non-hydrogen) atoms. The van der Waals surface area contributed by atoms with Crippen molar-refractivity contribution in [2.24, 2.45) is 35.5 Å². The van der Waals surface area contributed by atoms with E-state index in [0.29, 0.717) is 0 Å². The molecular weight excluding hydrogens is 505 g/mol. The first-order valence-corrected chi connectivity index (χ1v) is 14.6. The number of hydrogen-bond acceptors (Lipinski definition) is 2.